The largest absolute Gasteiger partial charge is 0.347 e. The van der Waals surface area contributed by atoms with Crippen molar-refractivity contribution in [1.29, 1.82) is 0 Å². The number of halogens is 2. The van der Waals surface area contributed by atoms with E-state index in [1.165, 1.54) is 4.57 Å². The second kappa shape index (κ2) is 4.55. The highest BCUT2D eigenvalue weighted by atomic mass is 19.3. The summed E-state index contributed by atoms with van der Waals surface area (Å²) in [5.74, 6) is -2.69. The Kier molecular flexibility index (Phi) is 3.26. The van der Waals surface area contributed by atoms with Gasteiger partial charge in [-0.15, -0.1) is 0 Å². The maximum absolute atomic E-state index is 13.2. The molecule has 1 atom stereocenters. The highest BCUT2D eigenvalue weighted by Crippen LogP contribution is 2.37. The van der Waals surface area contributed by atoms with E-state index in [-0.39, 0.29) is 24.4 Å². The first-order valence-electron chi connectivity index (χ1n) is 5.88. The first-order chi connectivity index (χ1) is 7.96. The predicted octanol–water partition coefficient (Wildman–Crippen LogP) is 2.38. The van der Waals surface area contributed by atoms with Crippen LogP contribution < -0.4 is 5.69 Å². The van der Waals surface area contributed by atoms with Gasteiger partial charge in [-0.25, -0.2) is 13.6 Å². The van der Waals surface area contributed by atoms with E-state index in [0.29, 0.717) is 18.7 Å². The van der Waals surface area contributed by atoms with E-state index in [9.17, 15) is 13.6 Å². The second-order valence-corrected chi connectivity index (χ2v) is 4.82. The summed E-state index contributed by atoms with van der Waals surface area (Å²) in [6.45, 7) is 2.09. The van der Waals surface area contributed by atoms with E-state index in [0.717, 1.165) is 6.42 Å². The zero-order valence-corrected chi connectivity index (χ0v) is 9.83. The third-order valence-electron chi connectivity index (χ3n) is 3.21. The number of rotatable bonds is 2. The van der Waals surface area contributed by atoms with Gasteiger partial charge in [0.2, 0.25) is 5.92 Å². The normalized spacial score (nSPS) is 23.6. The lowest BCUT2D eigenvalue weighted by Crippen LogP contribution is -2.32. The fourth-order valence-corrected chi connectivity index (χ4v) is 2.36. The summed E-state index contributed by atoms with van der Waals surface area (Å²) in [7, 11) is 0. The topological polar surface area (TPSA) is 34.9 Å². The fraction of sp³-hybridized carbons (Fsp3) is 0.667. The van der Waals surface area contributed by atoms with Gasteiger partial charge in [0.15, 0.2) is 0 Å². The molecule has 1 aliphatic rings. The number of aryl methyl sites for hydroxylation is 1. The SMILES string of the molecule is Cc1ccn(CC2CCCC(F)(F)C2)c(=O)n1. The molecule has 0 N–H and O–H groups in total. The molecule has 1 aromatic rings. The fourth-order valence-electron chi connectivity index (χ4n) is 2.36. The molecular weight excluding hydrogens is 226 g/mol. The average molecular weight is 242 g/mol. The molecule has 1 aromatic heterocycles. The number of hydrogen-bond acceptors (Lipinski definition) is 2. The molecule has 1 unspecified atom stereocenters. The third kappa shape index (κ3) is 3.11. The van der Waals surface area contributed by atoms with Crippen LogP contribution in [0.25, 0.3) is 0 Å². The molecule has 3 nitrogen and oxygen atoms in total. The monoisotopic (exact) mass is 242 g/mol. The lowest BCUT2D eigenvalue weighted by atomic mass is 9.86. The maximum Gasteiger partial charge on any atom is 0.347 e. The Labute approximate surface area is 98.5 Å². The van der Waals surface area contributed by atoms with Crippen LogP contribution in [0.3, 0.4) is 0 Å². The molecule has 0 saturated heterocycles. The van der Waals surface area contributed by atoms with Gasteiger partial charge in [-0.1, -0.05) is 0 Å². The van der Waals surface area contributed by atoms with Crippen molar-refractivity contribution in [3.8, 4) is 0 Å². The molecule has 5 heteroatoms. The van der Waals surface area contributed by atoms with Crippen molar-refractivity contribution in [3.63, 3.8) is 0 Å². The molecule has 2 rings (SSSR count). The van der Waals surface area contributed by atoms with Gasteiger partial charge in [0.1, 0.15) is 0 Å². The summed E-state index contributed by atoms with van der Waals surface area (Å²) in [6, 6.07) is 1.72. The van der Waals surface area contributed by atoms with Crippen LogP contribution in [0.1, 0.15) is 31.4 Å². The van der Waals surface area contributed by atoms with Gasteiger partial charge >= 0.3 is 5.69 Å². The molecule has 0 amide bonds. The van der Waals surface area contributed by atoms with Gasteiger partial charge in [-0.05, 0) is 31.7 Å². The summed E-state index contributed by atoms with van der Waals surface area (Å²) < 4.78 is 27.9. The molecule has 1 fully saturated rings. The van der Waals surface area contributed by atoms with Gasteiger partial charge in [0.05, 0.1) is 0 Å². The van der Waals surface area contributed by atoms with Crippen LogP contribution in [-0.4, -0.2) is 15.5 Å². The van der Waals surface area contributed by atoms with E-state index in [1.54, 1.807) is 19.2 Å². The smallest absolute Gasteiger partial charge is 0.299 e. The highest BCUT2D eigenvalue weighted by Gasteiger charge is 2.36. The highest BCUT2D eigenvalue weighted by molar-refractivity contribution is 4.95. The Balaban J connectivity index is 2.08. The Morgan fingerprint density at radius 1 is 1.59 bits per heavy atom. The molecule has 1 saturated carbocycles. The van der Waals surface area contributed by atoms with Crippen LogP contribution in [0, 0.1) is 12.8 Å². The Morgan fingerprint density at radius 3 is 3.00 bits per heavy atom. The summed E-state index contributed by atoms with van der Waals surface area (Å²) >= 11 is 0. The van der Waals surface area contributed by atoms with E-state index < -0.39 is 5.92 Å². The van der Waals surface area contributed by atoms with Crippen LogP contribution in [0.4, 0.5) is 8.78 Å². The summed E-state index contributed by atoms with van der Waals surface area (Å²) in [5, 5.41) is 0. The molecule has 0 aliphatic heterocycles. The van der Waals surface area contributed by atoms with Crippen LogP contribution >= 0.6 is 0 Å². The Bertz CT molecular complexity index is 456. The van der Waals surface area contributed by atoms with Gasteiger partial charge in [0.25, 0.3) is 0 Å². The molecule has 1 heterocycles. The lowest BCUT2D eigenvalue weighted by Gasteiger charge is -2.29. The average Bonchev–Trinajstić information content (AvgIpc) is 2.21. The molecule has 17 heavy (non-hydrogen) atoms. The van der Waals surface area contributed by atoms with Crippen molar-refractivity contribution in [3.05, 3.63) is 28.4 Å². The predicted molar refractivity (Wildman–Crippen MR) is 60.1 cm³/mol. The molecule has 0 spiro atoms. The summed E-state index contributed by atoms with van der Waals surface area (Å²) in [5.41, 5.74) is 0.305. The number of alkyl halides is 2. The molecule has 0 bridgehead atoms. The third-order valence-corrected chi connectivity index (χ3v) is 3.21. The van der Waals surface area contributed by atoms with E-state index in [4.69, 9.17) is 0 Å². The minimum absolute atomic E-state index is 0.0233. The van der Waals surface area contributed by atoms with Gasteiger partial charge < -0.3 is 0 Å². The van der Waals surface area contributed by atoms with E-state index in [1.807, 2.05) is 0 Å². The lowest BCUT2D eigenvalue weighted by molar-refractivity contribution is -0.0549. The Morgan fingerprint density at radius 2 is 2.35 bits per heavy atom. The second-order valence-electron chi connectivity index (χ2n) is 4.82. The van der Waals surface area contributed by atoms with E-state index >= 15 is 0 Å². The standard InChI is InChI=1S/C12H16F2N2O/c1-9-4-6-16(11(17)15-9)8-10-3-2-5-12(13,14)7-10/h4,6,10H,2-3,5,7-8H2,1H3. The van der Waals surface area contributed by atoms with Gasteiger partial charge in [0, 0.05) is 31.3 Å². The summed E-state index contributed by atoms with van der Waals surface area (Å²) in [6.07, 6.45) is 2.79. The summed E-state index contributed by atoms with van der Waals surface area (Å²) in [4.78, 5) is 15.3. The van der Waals surface area contributed by atoms with Crippen molar-refractivity contribution in [2.24, 2.45) is 5.92 Å². The van der Waals surface area contributed by atoms with Gasteiger partial charge in [-0.2, -0.15) is 4.98 Å². The zero-order valence-electron chi connectivity index (χ0n) is 9.83. The molecule has 0 radical (unpaired) electrons. The molecule has 1 aliphatic carbocycles. The molecule has 94 valence electrons. The minimum atomic E-state index is -2.56. The van der Waals surface area contributed by atoms with Crippen LogP contribution in [-0.2, 0) is 6.54 Å². The number of hydrogen-bond donors (Lipinski definition) is 0. The Hall–Kier alpha value is -1.26. The van der Waals surface area contributed by atoms with Crippen molar-refractivity contribution in [1.82, 2.24) is 9.55 Å². The first kappa shape index (κ1) is 12.2. The minimum Gasteiger partial charge on any atom is -0.299 e. The number of aromatic nitrogens is 2. The van der Waals surface area contributed by atoms with E-state index in [2.05, 4.69) is 4.98 Å². The van der Waals surface area contributed by atoms with Crippen molar-refractivity contribution in [2.45, 2.75) is 45.1 Å². The maximum atomic E-state index is 13.2. The van der Waals surface area contributed by atoms with Crippen LogP contribution in [0.2, 0.25) is 0 Å². The van der Waals surface area contributed by atoms with Crippen molar-refractivity contribution < 1.29 is 8.78 Å². The zero-order chi connectivity index (χ0) is 12.5. The van der Waals surface area contributed by atoms with Crippen LogP contribution in [0.5, 0.6) is 0 Å². The van der Waals surface area contributed by atoms with Crippen molar-refractivity contribution in [2.75, 3.05) is 0 Å². The molecule has 0 aromatic carbocycles. The van der Waals surface area contributed by atoms with Crippen molar-refractivity contribution >= 4 is 0 Å². The first-order valence-corrected chi connectivity index (χ1v) is 5.88. The van der Waals surface area contributed by atoms with Gasteiger partial charge in [-0.3, -0.25) is 4.57 Å². The van der Waals surface area contributed by atoms with Crippen LogP contribution in [0.15, 0.2) is 17.1 Å². The quantitative estimate of drug-likeness (QED) is 0.798. The molecular formula is C12H16F2N2O. The number of nitrogens with zero attached hydrogens (tertiary/aromatic N) is 2.